The van der Waals surface area contributed by atoms with Crippen LogP contribution in [0.3, 0.4) is 0 Å². The van der Waals surface area contributed by atoms with Gasteiger partial charge < -0.3 is 30.2 Å². The second-order valence-electron chi connectivity index (χ2n) is 13.1. The highest BCUT2D eigenvalue weighted by Gasteiger charge is 2.32. The van der Waals surface area contributed by atoms with Gasteiger partial charge in [-0.15, -0.1) is 21.5 Å². The molecule has 0 saturated carbocycles. The average Bonchev–Trinajstić information content (AvgIpc) is 3.83. The van der Waals surface area contributed by atoms with Crippen LogP contribution >= 0.6 is 34.5 Å². The lowest BCUT2D eigenvalue weighted by Crippen LogP contribution is -2.33. The molecule has 0 fully saturated rings. The van der Waals surface area contributed by atoms with Crippen LogP contribution < -0.4 is 15.4 Å². The number of H-pyrrole nitrogens is 1. The van der Waals surface area contributed by atoms with Crippen molar-refractivity contribution in [2.75, 3.05) is 32.9 Å². The molecule has 0 unspecified atom stereocenters. The first-order chi connectivity index (χ1) is 27.0. The fourth-order valence-corrected chi connectivity index (χ4v) is 8.10. The highest BCUT2D eigenvalue weighted by Crippen LogP contribution is 2.40. The molecule has 3 aromatic carbocycles. The predicted molar refractivity (Wildman–Crippen MR) is 216 cm³/mol. The number of nitrogens with zero attached hydrogens (tertiary/aromatic N) is 4. The van der Waals surface area contributed by atoms with Crippen LogP contribution in [0.4, 0.5) is 0 Å². The van der Waals surface area contributed by atoms with Gasteiger partial charge in [-0.05, 0) is 68.3 Å². The highest BCUT2D eigenvalue weighted by atomic mass is 35.5. The largest absolute Gasteiger partial charge is 0.492 e. The maximum absolute atomic E-state index is 13.2. The van der Waals surface area contributed by atoms with Crippen LogP contribution in [0.1, 0.15) is 56.0 Å². The lowest BCUT2D eigenvalue weighted by Gasteiger charge is -2.13. The summed E-state index contributed by atoms with van der Waals surface area (Å²) in [5, 5.41) is 26.5. The number of thiophene rings is 1. The number of carbonyl (C=O) groups is 3. The predicted octanol–water partition coefficient (Wildman–Crippen LogP) is 7.02. The van der Waals surface area contributed by atoms with E-state index in [2.05, 4.69) is 39.7 Å². The van der Waals surface area contributed by atoms with Gasteiger partial charge in [-0.1, -0.05) is 47.5 Å². The van der Waals surface area contributed by atoms with Crippen LogP contribution in [-0.2, 0) is 14.3 Å². The fourth-order valence-electron chi connectivity index (χ4n) is 6.49. The van der Waals surface area contributed by atoms with E-state index in [9.17, 15) is 19.5 Å². The topological polar surface area (TPSA) is 173 Å². The van der Waals surface area contributed by atoms with E-state index in [0.717, 1.165) is 37.8 Å². The van der Waals surface area contributed by atoms with Gasteiger partial charge >= 0.3 is 5.97 Å². The summed E-state index contributed by atoms with van der Waals surface area (Å²) >= 11 is 14.3. The zero-order chi connectivity index (χ0) is 39.5. The van der Waals surface area contributed by atoms with Gasteiger partial charge in [-0.2, -0.15) is 0 Å². The van der Waals surface area contributed by atoms with Crippen molar-refractivity contribution >= 4 is 68.9 Å². The summed E-state index contributed by atoms with van der Waals surface area (Å²) in [5.41, 5.74) is 6.06. The van der Waals surface area contributed by atoms with E-state index in [-0.39, 0.29) is 56.7 Å². The van der Waals surface area contributed by atoms with Crippen molar-refractivity contribution in [3.8, 4) is 21.9 Å². The SMILES string of the molecule is Cc1sc2c(c1C)C(c1ccc(Cl)cc1)=N[C@@H](CC(=O)NCCOCC(=O)NCCOc1ccc(-c3cc4c(C(=O)O)c[nH]c4cc3Cl)cc1)c1nnc(C)n1-2. The minimum atomic E-state index is -1.02. The zero-order valence-electron chi connectivity index (χ0n) is 30.6. The Bertz CT molecular complexity index is 2470. The van der Waals surface area contributed by atoms with Crippen molar-refractivity contribution in [2.24, 2.45) is 4.99 Å². The molecular formula is C40H37Cl2N7O6S. The van der Waals surface area contributed by atoms with Gasteiger partial charge in [-0.25, -0.2) is 4.79 Å². The average molecular weight is 815 g/mol. The summed E-state index contributed by atoms with van der Waals surface area (Å²) < 4.78 is 13.3. The lowest BCUT2D eigenvalue weighted by molar-refractivity contribution is -0.125. The number of benzene rings is 3. The Labute approximate surface area is 335 Å². The van der Waals surface area contributed by atoms with Crippen LogP contribution in [0, 0.1) is 20.8 Å². The fraction of sp³-hybridized carbons (Fsp3) is 0.250. The molecule has 2 amide bonds. The molecule has 4 N–H and O–H groups in total. The smallest absolute Gasteiger partial charge is 0.337 e. The molecule has 1 atom stereocenters. The van der Waals surface area contributed by atoms with Gasteiger partial charge in [0.05, 0.1) is 35.9 Å². The van der Waals surface area contributed by atoms with E-state index >= 15 is 0 Å². The Balaban J connectivity index is 0.864. The number of hydrogen-bond donors (Lipinski definition) is 4. The molecule has 3 aromatic heterocycles. The molecule has 16 heteroatoms. The van der Waals surface area contributed by atoms with Gasteiger partial charge in [0.2, 0.25) is 11.8 Å². The zero-order valence-corrected chi connectivity index (χ0v) is 32.9. The molecule has 13 nitrogen and oxygen atoms in total. The van der Waals surface area contributed by atoms with Gasteiger partial charge in [-0.3, -0.25) is 19.1 Å². The van der Waals surface area contributed by atoms with Gasteiger partial charge in [0.15, 0.2) is 5.82 Å². The minimum Gasteiger partial charge on any atom is -0.492 e. The van der Waals surface area contributed by atoms with E-state index in [4.69, 9.17) is 37.7 Å². The van der Waals surface area contributed by atoms with E-state index in [1.165, 1.54) is 6.20 Å². The number of aromatic amines is 1. The van der Waals surface area contributed by atoms with Crippen molar-refractivity contribution < 1.29 is 29.0 Å². The van der Waals surface area contributed by atoms with Crippen LogP contribution in [0.5, 0.6) is 5.75 Å². The first-order valence-corrected chi connectivity index (χ1v) is 19.3. The molecular weight excluding hydrogens is 777 g/mol. The second kappa shape index (κ2) is 16.7. The molecule has 4 heterocycles. The quantitative estimate of drug-likeness (QED) is 0.0850. The number of halogens is 2. The standard InChI is InChI=1S/C40H37Cl2N7O6S/c1-21-22(2)56-39-36(21)37(25-4-8-26(41)9-5-25)46-33(38-48-47-23(3)49(38)39)18-34(50)43-12-14-54-20-35(51)44-13-15-55-27-10-6-24(7-11-27)28-16-29-30(40(52)53)19-45-32(29)17-31(28)42/h4-11,16-17,19,33,45H,12-15,18,20H2,1-3H3,(H,43,50)(H,44,51)(H,52,53)/t33-/m0/s1. The highest BCUT2D eigenvalue weighted by molar-refractivity contribution is 7.15. The summed E-state index contributed by atoms with van der Waals surface area (Å²) in [6, 6.07) is 17.6. The van der Waals surface area contributed by atoms with Crippen molar-refractivity contribution in [1.82, 2.24) is 30.4 Å². The van der Waals surface area contributed by atoms with Crippen molar-refractivity contribution in [3.63, 3.8) is 0 Å². The third kappa shape index (κ3) is 8.19. The maximum Gasteiger partial charge on any atom is 0.337 e. The molecule has 0 spiro atoms. The first-order valence-electron chi connectivity index (χ1n) is 17.7. The van der Waals surface area contributed by atoms with Crippen LogP contribution in [-0.4, -0.2) is 81.3 Å². The maximum atomic E-state index is 13.2. The summed E-state index contributed by atoms with van der Waals surface area (Å²) in [6.45, 7) is 6.68. The molecule has 7 rings (SSSR count). The van der Waals surface area contributed by atoms with Gasteiger partial charge in [0.1, 0.15) is 35.8 Å². The van der Waals surface area contributed by atoms with Crippen LogP contribution in [0.15, 0.2) is 71.9 Å². The van der Waals surface area contributed by atoms with Gasteiger partial charge in [0, 0.05) is 50.2 Å². The number of amides is 2. The molecule has 288 valence electrons. The molecule has 0 radical (unpaired) electrons. The summed E-state index contributed by atoms with van der Waals surface area (Å²) in [4.78, 5) is 46.3. The Kier molecular flexibility index (Phi) is 11.5. The third-order valence-electron chi connectivity index (χ3n) is 9.40. The molecule has 0 saturated heterocycles. The molecule has 1 aliphatic heterocycles. The van der Waals surface area contributed by atoms with E-state index in [1.807, 2.05) is 47.9 Å². The van der Waals surface area contributed by atoms with Crippen LogP contribution in [0.25, 0.3) is 27.0 Å². The molecule has 0 bridgehead atoms. The molecule has 1 aliphatic rings. The number of carboxylic acid groups (broad SMARTS) is 1. The Morgan fingerprint density at radius 2 is 1.64 bits per heavy atom. The van der Waals surface area contributed by atoms with E-state index in [0.29, 0.717) is 43.9 Å². The number of hydrogen-bond acceptors (Lipinski definition) is 9. The monoisotopic (exact) mass is 813 g/mol. The van der Waals surface area contributed by atoms with Crippen LogP contribution in [0.2, 0.25) is 10.0 Å². The normalized spacial score (nSPS) is 13.4. The number of carboxylic acids is 1. The molecule has 0 aliphatic carbocycles. The Morgan fingerprint density at radius 1 is 0.929 bits per heavy atom. The number of aryl methyl sites for hydroxylation is 2. The number of rotatable bonds is 14. The van der Waals surface area contributed by atoms with E-state index in [1.54, 1.807) is 35.6 Å². The number of fused-ring (bicyclic) bond motifs is 4. The number of nitrogens with one attached hydrogen (secondary N) is 3. The minimum absolute atomic E-state index is 0.0378. The lowest BCUT2D eigenvalue weighted by atomic mass is 9.99. The van der Waals surface area contributed by atoms with Crippen molar-refractivity contribution in [1.29, 1.82) is 0 Å². The Hall–Kier alpha value is -5.54. The summed E-state index contributed by atoms with van der Waals surface area (Å²) in [5.74, 6) is 0.305. The van der Waals surface area contributed by atoms with Crippen molar-refractivity contribution in [2.45, 2.75) is 33.2 Å². The molecule has 56 heavy (non-hydrogen) atoms. The first kappa shape index (κ1) is 38.7. The number of aromatic nitrogens is 4. The van der Waals surface area contributed by atoms with E-state index < -0.39 is 12.0 Å². The number of aliphatic imine (C=N–C) groups is 1. The van der Waals surface area contributed by atoms with Gasteiger partial charge in [0.25, 0.3) is 0 Å². The number of aromatic carboxylic acids is 1. The number of ether oxygens (including phenoxy) is 2. The second-order valence-corrected chi connectivity index (χ2v) is 15.2. The molecule has 6 aromatic rings. The summed E-state index contributed by atoms with van der Waals surface area (Å²) in [6.07, 6.45) is 1.48. The van der Waals surface area contributed by atoms with Crippen molar-refractivity contribution in [3.05, 3.63) is 116 Å². The Morgan fingerprint density at radius 3 is 2.39 bits per heavy atom. The number of carbonyl (C=O) groups excluding carboxylic acids is 2. The summed E-state index contributed by atoms with van der Waals surface area (Å²) in [7, 11) is 0. The third-order valence-corrected chi connectivity index (χ3v) is 11.2.